The lowest BCUT2D eigenvalue weighted by Gasteiger charge is -2.48. The number of rotatable bonds is 3. The van der Waals surface area contributed by atoms with Crippen molar-refractivity contribution in [2.24, 2.45) is 11.8 Å². The third-order valence-corrected chi connectivity index (χ3v) is 4.84. The molecule has 23 heavy (non-hydrogen) atoms. The Labute approximate surface area is 136 Å². The first kappa shape index (κ1) is 15.4. The summed E-state index contributed by atoms with van der Waals surface area (Å²) in [4.78, 5) is 14.4. The van der Waals surface area contributed by atoms with Gasteiger partial charge in [0.1, 0.15) is 0 Å². The van der Waals surface area contributed by atoms with E-state index in [0.29, 0.717) is 35.7 Å². The molecular formula is C18H20N4O. The fourth-order valence-electron chi connectivity index (χ4n) is 3.59. The number of nitrogens with one attached hydrogen (secondary N) is 2. The van der Waals surface area contributed by atoms with Gasteiger partial charge in [-0.3, -0.25) is 4.90 Å². The highest BCUT2D eigenvalue weighted by atomic mass is 16.2. The van der Waals surface area contributed by atoms with Gasteiger partial charge < -0.3 is 10.6 Å². The predicted molar refractivity (Wildman–Crippen MR) is 88.6 cm³/mol. The number of amides is 2. The zero-order valence-electron chi connectivity index (χ0n) is 13.0. The summed E-state index contributed by atoms with van der Waals surface area (Å²) in [6, 6.07) is 9.07. The summed E-state index contributed by atoms with van der Waals surface area (Å²) in [6.45, 7) is 2.64. The smallest absolute Gasteiger partial charge is 0.319 e. The van der Waals surface area contributed by atoms with Crippen LogP contribution in [-0.4, -0.2) is 36.6 Å². The average Bonchev–Trinajstić information content (AvgIpc) is 2.60. The summed E-state index contributed by atoms with van der Waals surface area (Å²) in [5.41, 5.74) is 1.15. The van der Waals surface area contributed by atoms with Crippen molar-refractivity contribution in [3.8, 4) is 18.4 Å². The Morgan fingerprint density at radius 1 is 1.48 bits per heavy atom. The normalized spacial score (nSPS) is 28.4. The van der Waals surface area contributed by atoms with Crippen LogP contribution in [0.5, 0.6) is 0 Å². The molecule has 3 aliphatic heterocycles. The minimum atomic E-state index is -0.240. The van der Waals surface area contributed by atoms with E-state index in [4.69, 9.17) is 11.7 Å². The van der Waals surface area contributed by atoms with E-state index in [-0.39, 0.29) is 6.03 Å². The number of urea groups is 1. The number of nitrogens with zero attached hydrogens (tertiary/aromatic N) is 2. The van der Waals surface area contributed by atoms with Crippen molar-refractivity contribution in [2.75, 3.05) is 25.0 Å². The number of carbonyl (C=O) groups excluding carboxylic acids is 1. The molecule has 0 saturated carbocycles. The molecule has 3 aliphatic rings. The topological polar surface area (TPSA) is 68.2 Å². The summed E-state index contributed by atoms with van der Waals surface area (Å²) in [5, 5.41) is 14.6. The van der Waals surface area contributed by atoms with Gasteiger partial charge in [0.2, 0.25) is 0 Å². The van der Waals surface area contributed by atoms with Crippen LogP contribution >= 0.6 is 0 Å². The second-order valence-electron chi connectivity index (χ2n) is 6.23. The highest BCUT2D eigenvalue weighted by Crippen LogP contribution is 2.35. The highest BCUT2D eigenvalue weighted by molar-refractivity contribution is 5.89. The molecule has 1 aromatic rings. The number of fused-ring (bicyclic) bond motifs is 3. The van der Waals surface area contributed by atoms with Crippen LogP contribution in [0, 0.1) is 35.5 Å². The Morgan fingerprint density at radius 3 is 3.04 bits per heavy atom. The summed E-state index contributed by atoms with van der Waals surface area (Å²) < 4.78 is 0. The van der Waals surface area contributed by atoms with Crippen LogP contribution < -0.4 is 10.6 Å². The van der Waals surface area contributed by atoms with Crippen molar-refractivity contribution < 1.29 is 4.79 Å². The molecule has 3 fully saturated rings. The first-order valence-electron chi connectivity index (χ1n) is 7.95. The van der Waals surface area contributed by atoms with E-state index in [1.165, 1.54) is 6.42 Å². The standard InChI is InChI=1S/C18H20N4O/c1-2-14-12-22-7-6-15(14)9-17(22)11-20-18(23)21-16-5-3-4-13(8-16)10-19/h1,3-5,8,14-15,17H,6-7,9,11-12H2,(H2,20,21,23)/t14-,15+,17-/m1/s1. The van der Waals surface area contributed by atoms with Crippen molar-refractivity contribution in [1.29, 1.82) is 5.26 Å². The van der Waals surface area contributed by atoms with Gasteiger partial charge in [0.15, 0.2) is 0 Å². The molecule has 0 aromatic heterocycles. The number of carbonyl (C=O) groups is 1. The van der Waals surface area contributed by atoms with Crippen molar-refractivity contribution in [2.45, 2.75) is 18.9 Å². The zero-order valence-corrected chi connectivity index (χ0v) is 13.0. The number of terminal acetylenes is 1. The van der Waals surface area contributed by atoms with Crippen LogP contribution in [0.3, 0.4) is 0 Å². The van der Waals surface area contributed by atoms with Crippen LogP contribution in [0.15, 0.2) is 24.3 Å². The minimum Gasteiger partial charge on any atom is -0.336 e. The lowest BCUT2D eigenvalue weighted by molar-refractivity contribution is 0.0242. The molecule has 5 heteroatoms. The monoisotopic (exact) mass is 308 g/mol. The highest BCUT2D eigenvalue weighted by Gasteiger charge is 2.39. The summed E-state index contributed by atoms with van der Waals surface area (Å²) in [7, 11) is 0. The van der Waals surface area contributed by atoms with Gasteiger partial charge in [-0.2, -0.15) is 5.26 Å². The molecule has 3 saturated heterocycles. The van der Waals surface area contributed by atoms with Gasteiger partial charge in [-0.05, 0) is 43.5 Å². The fraction of sp³-hybridized carbons (Fsp3) is 0.444. The second kappa shape index (κ2) is 6.73. The van der Waals surface area contributed by atoms with Crippen molar-refractivity contribution in [3.63, 3.8) is 0 Å². The number of benzene rings is 1. The van der Waals surface area contributed by atoms with Gasteiger partial charge >= 0.3 is 6.03 Å². The predicted octanol–water partition coefficient (Wildman–Crippen LogP) is 2.02. The molecule has 1 aromatic carbocycles. The fourth-order valence-corrected chi connectivity index (χ4v) is 3.59. The molecule has 0 aliphatic carbocycles. The lowest BCUT2D eigenvalue weighted by atomic mass is 9.76. The molecule has 2 bridgehead atoms. The Hall–Kier alpha value is -2.50. The summed E-state index contributed by atoms with van der Waals surface area (Å²) in [6.07, 6.45) is 7.81. The maximum absolute atomic E-state index is 12.0. The molecule has 118 valence electrons. The summed E-state index contributed by atoms with van der Waals surface area (Å²) >= 11 is 0. The van der Waals surface area contributed by atoms with E-state index in [1.807, 2.05) is 0 Å². The largest absolute Gasteiger partial charge is 0.336 e. The average molecular weight is 308 g/mol. The number of anilines is 1. The number of nitriles is 1. The van der Waals surface area contributed by atoms with Gasteiger partial charge in [0.25, 0.3) is 0 Å². The molecule has 5 nitrogen and oxygen atoms in total. The van der Waals surface area contributed by atoms with Crippen molar-refractivity contribution >= 4 is 11.7 Å². The van der Waals surface area contributed by atoms with Gasteiger partial charge in [-0.25, -0.2) is 4.79 Å². The van der Waals surface area contributed by atoms with Gasteiger partial charge in [0, 0.05) is 30.7 Å². The Kier molecular flexibility index (Phi) is 4.50. The van der Waals surface area contributed by atoms with Gasteiger partial charge in [-0.15, -0.1) is 12.3 Å². The van der Waals surface area contributed by atoms with Crippen LogP contribution in [-0.2, 0) is 0 Å². The van der Waals surface area contributed by atoms with Crippen molar-refractivity contribution in [3.05, 3.63) is 29.8 Å². The molecule has 2 N–H and O–H groups in total. The molecule has 0 radical (unpaired) electrons. The van der Waals surface area contributed by atoms with E-state index < -0.39 is 0 Å². The molecule has 1 unspecified atom stereocenters. The van der Waals surface area contributed by atoms with Gasteiger partial charge in [-0.1, -0.05) is 6.07 Å². The van der Waals surface area contributed by atoms with Crippen LogP contribution in [0.25, 0.3) is 0 Å². The third-order valence-electron chi connectivity index (χ3n) is 4.84. The molecule has 3 heterocycles. The first-order valence-corrected chi connectivity index (χ1v) is 7.95. The van der Waals surface area contributed by atoms with E-state index in [2.05, 4.69) is 27.5 Å². The minimum absolute atomic E-state index is 0.240. The van der Waals surface area contributed by atoms with Crippen LogP contribution in [0.2, 0.25) is 0 Å². The Bertz CT molecular complexity index is 672. The number of piperidine rings is 3. The Balaban J connectivity index is 1.50. The maximum Gasteiger partial charge on any atom is 0.319 e. The second-order valence-corrected chi connectivity index (χ2v) is 6.23. The number of hydrogen-bond acceptors (Lipinski definition) is 3. The lowest BCUT2D eigenvalue weighted by Crippen LogP contribution is -2.56. The third kappa shape index (κ3) is 3.47. The van der Waals surface area contributed by atoms with Crippen molar-refractivity contribution in [1.82, 2.24) is 10.2 Å². The van der Waals surface area contributed by atoms with Crippen LogP contribution in [0.1, 0.15) is 18.4 Å². The molecule has 0 spiro atoms. The molecule has 4 atom stereocenters. The Morgan fingerprint density at radius 2 is 2.35 bits per heavy atom. The molecule has 4 rings (SSSR count). The quantitative estimate of drug-likeness (QED) is 0.840. The van der Waals surface area contributed by atoms with E-state index >= 15 is 0 Å². The van der Waals surface area contributed by atoms with E-state index in [9.17, 15) is 4.79 Å². The summed E-state index contributed by atoms with van der Waals surface area (Å²) in [5.74, 6) is 3.85. The van der Waals surface area contributed by atoms with E-state index in [0.717, 1.165) is 19.5 Å². The van der Waals surface area contributed by atoms with E-state index in [1.54, 1.807) is 24.3 Å². The maximum atomic E-state index is 12.0. The molecule has 2 amide bonds. The van der Waals surface area contributed by atoms with Crippen LogP contribution in [0.4, 0.5) is 10.5 Å². The SMILES string of the molecule is C#C[C@@H]1CN2CC[C@H]1C[C@@H]2CNC(=O)Nc1cccc(C#N)c1. The first-order chi connectivity index (χ1) is 11.2. The molecular weight excluding hydrogens is 288 g/mol. The van der Waals surface area contributed by atoms with Gasteiger partial charge in [0.05, 0.1) is 11.6 Å². The number of hydrogen-bond donors (Lipinski definition) is 2. The zero-order chi connectivity index (χ0) is 16.2.